The molecule has 0 saturated carbocycles. The largest absolute Gasteiger partial charge is 0.515 e. The van der Waals surface area contributed by atoms with Gasteiger partial charge in [0.1, 0.15) is 5.52 Å². The van der Waals surface area contributed by atoms with Gasteiger partial charge in [-0.1, -0.05) is 110 Å². The molecular formula is C43H42N5OPt-. The topological polar surface area (TPSA) is 67.7 Å². The molecule has 0 radical (unpaired) electrons. The minimum absolute atomic E-state index is 0. The van der Waals surface area contributed by atoms with E-state index in [1.165, 1.54) is 5.56 Å². The molecule has 0 saturated heterocycles. The molecule has 6 nitrogen and oxygen atoms in total. The second-order valence-corrected chi connectivity index (χ2v) is 16.4. The van der Waals surface area contributed by atoms with Gasteiger partial charge in [0.05, 0.1) is 22.3 Å². The summed E-state index contributed by atoms with van der Waals surface area (Å²) < 4.78 is 4.29. The van der Waals surface area contributed by atoms with Crippen molar-refractivity contribution in [2.45, 2.75) is 78.6 Å². The summed E-state index contributed by atoms with van der Waals surface area (Å²) in [6.07, 6.45) is 0. The Kier molecular flexibility index (Phi) is 7.80. The first kappa shape index (κ1) is 33.9. The Labute approximate surface area is 307 Å². The molecule has 4 aromatic carbocycles. The first-order chi connectivity index (χ1) is 23.1. The van der Waals surface area contributed by atoms with E-state index in [9.17, 15) is 5.11 Å². The molecular weight excluding hydrogens is 798 g/mol. The van der Waals surface area contributed by atoms with Crippen molar-refractivity contribution in [1.29, 1.82) is 0 Å². The van der Waals surface area contributed by atoms with Gasteiger partial charge < -0.3 is 5.11 Å². The number of imidazole rings is 2. The monoisotopic (exact) mass is 839 g/mol. The summed E-state index contributed by atoms with van der Waals surface area (Å²) in [5.41, 5.74) is 11.4. The van der Waals surface area contributed by atoms with E-state index < -0.39 is 0 Å². The van der Waals surface area contributed by atoms with Crippen molar-refractivity contribution in [2.75, 3.05) is 0 Å². The predicted molar refractivity (Wildman–Crippen MR) is 202 cm³/mol. The minimum Gasteiger partial charge on any atom is -0.515 e. The smallest absolute Gasteiger partial charge is 0.223 e. The molecule has 0 bridgehead atoms. The zero-order valence-corrected chi connectivity index (χ0v) is 32.4. The Balaban J connectivity index is 0.00000392. The molecule has 4 heterocycles. The summed E-state index contributed by atoms with van der Waals surface area (Å²) >= 11 is 0. The van der Waals surface area contributed by atoms with Gasteiger partial charge in [0.15, 0.2) is 11.3 Å². The van der Waals surface area contributed by atoms with Gasteiger partial charge in [-0.15, -0.1) is 29.3 Å². The number of pyridine rings is 1. The first-order valence-corrected chi connectivity index (χ1v) is 17.0. The van der Waals surface area contributed by atoms with Crippen LogP contribution in [-0.4, -0.2) is 28.9 Å². The number of aromatic hydroxyl groups is 1. The number of fused-ring (bicyclic) bond motifs is 10. The zero-order chi connectivity index (χ0) is 34.6. The van der Waals surface area contributed by atoms with Crippen LogP contribution in [0.25, 0.3) is 66.9 Å². The molecule has 256 valence electrons. The first-order valence-electron chi connectivity index (χ1n) is 17.0. The number of hydrogen-bond acceptors (Lipinski definition) is 4. The standard InChI is InChI=1S/C43H42N5O.Pt/c1-41(2,3)27-21-25(30-23-28(42(4,5)6)24-31(37(30)49)43(7,8)9)20-26(22-27)32-18-19-34-39(44-32)48-38(45-34)29-14-10-12-16-35(29)47-36-17-13-11-15-33(36)46-40(47)48;/h10-19,21-24,49H,1-9H3;/q-1;. The molecule has 0 atom stereocenters. The van der Waals surface area contributed by atoms with E-state index in [-0.39, 0.29) is 37.3 Å². The number of rotatable bonds is 2. The second kappa shape index (κ2) is 11.5. The Morgan fingerprint density at radius 3 is 1.92 bits per heavy atom. The van der Waals surface area contributed by atoms with E-state index in [4.69, 9.17) is 15.0 Å². The number of nitrogens with zero attached hydrogens (tertiary/aromatic N) is 5. The summed E-state index contributed by atoms with van der Waals surface area (Å²) in [7, 11) is 0. The van der Waals surface area contributed by atoms with Crippen LogP contribution in [0.5, 0.6) is 5.75 Å². The Hall–Kier alpha value is -4.54. The number of para-hydroxylation sites is 3. The van der Waals surface area contributed by atoms with E-state index >= 15 is 0 Å². The molecule has 7 heteroatoms. The van der Waals surface area contributed by atoms with Crippen molar-refractivity contribution < 1.29 is 26.2 Å². The van der Waals surface area contributed by atoms with E-state index in [0.717, 1.165) is 78.0 Å². The maximum Gasteiger partial charge on any atom is 0.223 e. The molecule has 0 amide bonds. The Bertz CT molecular complexity index is 2630. The average Bonchev–Trinajstić information content (AvgIpc) is 3.62. The summed E-state index contributed by atoms with van der Waals surface area (Å²) in [6.45, 7) is 19.7. The van der Waals surface area contributed by atoms with Crippen LogP contribution in [0.3, 0.4) is 0 Å². The van der Waals surface area contributed by atoms with Crippen LogP contribution in [-0.2, 0) is 37.3 Å². The van der Waals surface area contributed by atoms with Crippen molar-refractivity contribution in [1.82, 2.24) is 23.8 Å². The molecule has 0 fully saturated rings. The SMILES string of the molecule is CC(C)(C)c1cc(-c2ccc3nc4c5ccccc5n5c6ccccc6nc5n4c3n2)[c-]c(-c2cc(C(C)(C)C)cc(C(C)(C)C)c2O)c1.[Pt]. The van der Waals surface area contributed by atoms with Crippen molar-refractivity contribution in [2.24, 2.45) is 0 Å². The van der Waals surface area contributed by atoms with E-state index in [1.54, 1.807) is 0 Å². The number of phenolic OH excluding ortho intramolecular Hbond substituents is 1. The zero-order valence-electron chi connectivity index (χ0n) is 30.1. The summed E-state index contributed by atoms with van der Waals surface area (Å²) in [6, 6.07) is 33.0. The molecule has 0 spiro atoms. The molecule has 50 heavy (non-hydrogen) atoms. The van der Waals surface area contributed by atoms with Crippen molar-refractivity contribution >= 4 is 44.5 Å². The van der Waals surface area contributed by atoms with Crippen LogP contribution < -0.4 is 0 Å². The second-order valence-electron chi connectivity index (χ2n) is 16.4. The van der Waals surface area contributed by atoms with E-state index in [1.807, 2.05) is 30.3 Å². The van der Waals surface area contributed by atoms with E-state index in [2.05, 4.69) is 132 Å². The van der Waals surface area contributed by atoms with Crippen molar-refractivity contribution in [3.8, 4) is 28.1 Å². The third kappa shape index (κ3) is 5.40. The quantitative estimate of drug-likeness (QED) is 0.176. The molecule has 0 aliphatic rings. The molecule has 0 unspecified atom stereocenters. The molecule has 8 rings (SSSR count). The normalized spacial score (nSPS) is 12.8. The van der Waals surface area contributed by atoms with E-state index in [0.29, 0.717) is 5.75 Å². The fourth-order valence-electron chi connectivity index (χ4n) is 6.87. The molecule has 0 aliphatic carbocycles. The van der Waals surface area contributed by atoms with Gasteiger partial charge in [-0.2, -0.15) is 0 Å². The average molecular weight is 840 g/mol. The third-order valence-electron chi connectivity index (χ3n) is 9.72. The molecule has 8 aromatic rings. The predicted octanol–water partition coefficient (Wildman–Crippen LogP) is 10.6. The van der Waals surface area contributed by atoms with Crippen LogP contribution in [0.15, 0.2) is 84.9 Å². The maximum absolute atomic E-state index is 11.8. The third-order valence-corrected chi connectivity index (χ3v) is 9.72. The number of hydrogen-bond donors (Lipinski definition) is 1. The number of phenols is 1. The minimum atomic E-state index is -0.243. The van der Waals surface area contributed by atoms with Crippen LogP contribution in [0, 0.1) is 6.07 Å². The fraction of sp³-hybridized carbons (Fsp3) is 0.279. The fourth-order valence-corrected chi connectivity index (χ4v) is 6.87. The van der Waals surface area contributed by atoms with Gasteiger partial charge >= 0.3 is 0 Å². The van der Waals surface area contributed by atoms with Gasteiger partial charge in [-0.25, -0.2) is 14.4 Å². The molecule has 0 aliphatic heterocycles. The van der Waals surface area contributed by atoms with Crippen LogP contribution in [0.4, 0.5) is 0 Å². The van der Waals surface area contributed by atoms with Crippen LogP contribution in [0.1, 0.15) is 79.0 Å². The van der Waals surface area contributed by atoms with Crippen LogP contribution in [0.2, 0.25) is 0 Å². The van der Waals surface area contributed by atoms with Gasteiger partial charge in [-0.3, -0.25) is 9.38 Å². The number of aromatic nitrogens is 5. The Morgan fingerprint density at radius 1 is 0.580 bits per heavy atom. The number of benzene rings is 4. The van der Waals surface area contributed by atoms with Gasteiger partial charge in [0.2, 0.25) is 5.78 Å². The molecule has 1 N–H and O–H groups in total. The van der Waals surface area contributed by atoms with Gasteiger partial charge in [0, 0.05) is 32.1 Å². The van der Waals surface area contributed by atoms with Gasteiger partial charge in [-0.05, 0) is 63.3 Å². The summed E-state index contributed by atoms with van der Waals surface area (Å²) in [4.78, 5) is 15.5. The van der Waals surface area contributed by atoms with Crippen molar-refractivity contribution in [3.63, 3.8) is 0 Å². The van der Waals surface area contributed by atoms with Gasteiger partial charge in [0.25, 0.3) is 0 Å². The Morgan fingerprint density at radius 2 is 1.22 bits per heavy atom. The van der Waals surface area contributed by atoms with Crippen LogP contribution >= 0.6 is 0 Å². The summed E-state index contributed by atoms with van der Waals surface area (Å²) in [5, 5.41) is 12.9. The molecule has 4 aromatic heterocycles. The van der Waals surface area contributed by atoms with Crippen molar-refractivity contribution in [3.05, 3.63) is 108 Å². The summed E-state index contributed by atoms with van der Waals surface area (Å²) in [5.74, 6) is 1.08. The maximum atomic E-state index is 11.8.